The third-order valence-corrected chi connectivity index (χ3v) is 4.20. The van der Waals surface area contributed by atoms with E-state index in [-0.39, 0.29) is 0 Å². The van der Waals surface area contributed by atoms with Gasteiger partial charge in [0.25, 0.3) is 0 Å². The summed E-state index contributed by atoms with van der Waals surface area (Å²) in [5.74, 6) is 1.06. The van der Waals surface area contributed by atoms with Crippen molar-refractivity contribution in [1.82, 2.24) is 4.90 Å². The highest BCUT2D eigenvalue weighted by Gasteiger charge is 2.07. The summed E-state index contributed by atoms with van der Waals surface area (Å²) in [5, 5.41) is 0. The van der Waals surface area contributed by atoms with E-state index < -0.39 is 0 Å². The molecule has 19 heavy (non-hydrogen) atoms. The Bertz CT molecular complexity index is 171. The van der Waals surface area contributed by atoms with E-state index in [0.717, 1.165) is 5.75 Å². The first-order chi connectivity index (χ1) is 9.22. The van der Waals surface area contributed by atoms with Crippen LogP contribution in [0.4, 0.5) is 0 Å². The van der Waals surface area contributed by atoms with E-state index in [0.29, 0.717) is 6.04 Å². The van der Waals surface area contributed by atoms with E-state index >= 15 is 0 Å². The molecule has 0 saturated heterocycles. The van der Waals surface area contributed by atoms with Crippen LogP contribution >= 0.6 is 12.6 Å². The van der Waals surface area contributed by atoms with Crippen LogP contribution in [0.5, 0.6) is 0 Å². The summed E-state index contributed by atoms with van der Waals surface area (Å²) >= 11 is 4.25. The Labute approximate surface area is 127 Å². The molecule has 0 unspecified atom stereocenters. The van der Waals surface area contributed by atoms with Crippen molar-refractivity contribution in [2.24, 2.45) is 0 Å². The molecule has 0 aliphatic rings. The van der Waals surface area contributed by atoms with Crippen molar-refractivity contribution in [3.63, 3.8) is 0 Å². The zero-order valence-corrected chi connectivity index (χ0v) is 14.6. The van der Waals surface area contributed by atoms with Crippen molar-refractivity contribution in [3.8, 4) is 0 Å². The van der Waals surface area contributed by atoms with Gasteiger partial charge < -0.3 is 4.90 Å². The maximum Gasteiger partial charge on any atom is 0.00385 e. The third-order valence-electron chi connectivity index (χ3n) is 3.88. The second-order valence-corrected chi connectivity index (χ2v) is 6.48. The highest BCUT2D eigenvalue weighted by molar-refractivity contribution is 7.80. The fraction of sp³-hybridized carbons (Fsp3) is 1.00. The maximum absolute atomic E-state index is 4.25. The van der Waals surface area contributed by atoms with Crippen LogP contribution in [0.2, 0.25) is 0 Å². The van der Waals surface area contributed by atoms with Crippen LogP contribution in [0.1, 0.15) is 85.0 Å². The zero-order chi connectivity index (χ0) is 14.3. The minimum Gasteiger partial charge on any atom is -0.301 e. The molecule has 0 atom stereocenters. The smallest absolute Gasteiger partial charge is 0.00385 e. The van der Waals surface area contributed by atoms with Crippen LogP contribution < -0.4 is 0 Å². The van der Waals surface area contributed by atoms with E-state index in [2.05, 4.69) is 38.3 Å². The Morgan fingerprint density at radius 3 is 1.68 bits per heavy atom. The molecule has 0 aliphatic heterocycles. The number of nitrogens with zero attached hydrogens (tertiary/aromatic N) is 1. The quantitative estimate of drug-likeness (QED) is 0.324. The number of hydrogen-bond acceptors (Lipinski definition) is 2. The van der Waals surface area contributed by atoms with E-state index in [1.54, 1.807) is 0 Å². The topological polar surface area (TPSA) is 3.24 Å². The monoisotopic (exact) mass is 287 g/mol. The zero-order valence-electron chi connectivity index (χ0n) is 13.7. The minimum atomic E-state index is 0.715. The lowest BCUT2D eigenvalue weighted by molar-refractivity contribution is 0.212. The number of thiol groups is 1. The summed E-state index contributed by atoms with van der Waals surface area (Å²) < 4.78 is 0. The van der Waals surface area contributed by atoms with Crippen molar-refractivity contribution in [1.29, 1.82) is 0 Å². The molecule has 0 bridgehead atoms. The highest BCUT2D eigenvalue weighted by Crippen LogP contribution is 2.10. The lowest BCUT2D eigenvalue weighted by atomic mass is 10.1. The van der Waals surface area contributed by atoms with Crippen LogP contribution in [-0.4, -0.2) is 29.8 Å². The fourth-order valence-corrected chi connectivity index (χ4v) is 2.73. The molecule has 2 heteroatoms. The molecule has 0 aliphatic carbocycles. The normalized spacial score (nSPS) is 11.7. The Morgan fingerprint density at radius 2 is 1.21 bits per heavy atom. The van der Waals surface area contributed by atoms with Crippen LogP contribution in [0.3, 0.4) is 0 Å². The van der Waals surface area contributed by atoms with Gasteiger partial charge in [0.2, 0.25) is 0 Å². The minimum absolute atomic E-state index is 0.715. The van der Waals surface area contributed by atoms with E-state index in [9.17, 15) is 0 Å². The molecule has 0 aromatic rings. The molecule has 0 heterocycles. The molecule has 0 rings (SSSR count). The van der Waals surface area contributed by atoms with Crippen molar-refractivity contribution >= 4 is 12.6 Å². The van der Waals surface area contributed by atoms with Gasteiger partial charge in [-0.3, -0.25) is 0 Å². The van der Waals surface area contributed by atoms with E-state index in [1.807, 2.05) is 0 Å². The van der Waals surface area contributed by atoms with Gasteiger partial charge in [-0.25, -0.2) is 0 Å². The standard InChI is InChI=1S/C17H37NS/c1-4-5-11-14-18(17(2)3)15-12-9-7-6-8-10-13-16-19/h17,19H,4-16H2,1-3H3. The molecular formula is C17H37NS. The fourth-order valence-electron chi connectivity index (χ4n) is 2.50. The van der Waals surface area contributed by atoms with Gasteiger partial charge in [0.1, 0.15) is 0 Å². The molecule has 116 valence electrons. The Balaban J connectivity index is 3.43. The lowest BCUT2D eigenvalue weighted by Gasteiger charge is -2.26. The second-order valence-electron chi connectivity index (χ2n) is 6.04. The van der Waals surface area contributed by atoms with Gasteiger partial charge in [0.05, 0.1) is 0 Å². The van der Waals surface area contributed by atoms with Gasteiger partial charge in [-0.15, -0.1) is 0 Å². The predicted octanol–water partition coefficient (Wildman–Crippen LogP) is 5.55. The summed E-state index contributed by atoms with van der Waals surface area (Å²) in [6.07, 6.45) is 13.8. The molecule has 1 nitrogen and oxygen atoms in total. The molecule has 0 aromatic carbocycles. The van der Waals surface area contributed by atoms with Crippen LogP contribution in [-0.2, 0) is 0 Å². The maximum atomic E-state index is 4.25. The molecule has 0 N–H and O–H groups in total. The first kappa shape index (κ1) is 19.3. The highest BCUT2D eigenvalue weighted by atomic mass is 32.1. The van der Waals surface area contributed by atoms with Gasteiger partial charge in [-0.1, -0.05) is 51.9 Å². The van der Waals surface area contributed by atoms with E-state index in [4.69, 9.17) is 0 Å². The lowest BCUT2D eigenvalue weighted by Crippen LogP contribution is -2.32. The first-order valence-corrected chi connectivity index (χ1v) is 9.20. The SMILES string of the molecule is CCCCCN(CCCCCCCCCS)C(C)C. The number of rotatable bonds is 14. The van der Waals surface area contributed by atoms with Crippen molar-refractivity contribution < 1.29 is 0 Å². The summed E-state index contributed by atoms with van der Waals surface area (Å²) in [7, 11) is 0. The van der Waals surface area contributed by atoms with Gasteiger partial charge in [-0.05, 0) is 52.0 Å². The van der Waals surface area contributed by atoms with Crippen LogP contribution in [0.15, 0.2) is 0 Å². The summed E-state index contributed by atoms with van der Waals surface area (Å²) in [5.41, 5.74) is 0. The first-order valence-electron chi connectivity index (χ1n) is 8.57. The molecule has 0 amide bonds. The van der Waals surface area contributed by atoms with Gasteiger partial charge in [0.15, 0.2) is 0 Å². The van der Waals surface area contributed by atoms with E-state index in [1.165, 1.54) is 77.3 Å². The number of unbranched alkanes of at least 4 members (excludes halogenated alkanes) is 8. The van der Waals surface area contributed by atoms with Crippen LogP contribution in [0.25, 0.3) is 0 Å². The van der Waals surface area contributed by atoms with Gasteiger partial charge in [-0.2, -0.15) is 12.6 Å². The molecule has 0 radical (unpaired) electrons. The van der Waals surface area contributed by atoms with Gasteiger partial charge >= 0.3 is 0 Å². The summed E-state index contributed by atoms with van der Waals surface area (Å²) in [6.45, 7) is 9.56. The Hall–Kier alpha value is 0.310. The van der Waals surface area contributed by atoms with Crippen LogP contribution in [0, 0.1) is 0 Å². The summed E-state index contributed by atoms with van der Waals surface area (Å²) in [4.78, 5) is 2.66. The average Bonchev–Trinajstić information content (AvgIpc) is 2.39. The molecule has 0 spiro atoms. The van der Waals surface area contributed by atoms with Crippen molar-refractivity contribution in [2.75, 3.05) is 18.8 Å². The molecule has 0 fully saturated rings. The second kappa shape index (κ2) is 14.7. The number of hydrogen-bond donors (Lipinski definition) is 1. The molecule has 0 aromatic heterocycles. The summed E-state index contributed by atoms with van der Waals surface area (Å²) in [6, 6.07) is 0.715. The predicted molar refractivity (Wildman–Crippen MR) is 92.4 cm³/mol. The Kier molecular flexibility index (Phi) is 15.0. The largest absolute Gasteiger partial charge is 0.301 e. The third kappa shape index (κ3) is 13.1. The average molecular weight is 288 g/mol. The molecular weight excluding hydrogens is 250 g/mol. The van der Waals surface area contributed by atoms with Gasteiger partial charge in [0, 0.05) is 6.04 Å². The van der Waals surface area contributed by atoms with Crippen molar-refractivity contribution in [3.05, 3.63) is 0 Å². The van der Waals surface area contributed by atoms with Crippen molar-refractivity contribution in [2.45, 2.75) is 91.0 Å². The Morgan fingerprint density at radius 1 is 0.737 bits per heavy atom. The molecule has 0 saturated carbocycles.